The zero-order chi connectivity index (χ0) is 8.32. The van der Waals surface area contributed by atoms with E-state index >= 15 is 0 Å². The van der Waals surface area contributed by atoms with Crippen LogP contribution in [0.4, 0.5) is 0 Å². The largest absolute Gasteiger partial charge is 1.00 e. The minimum atomic E-state index is 0. The molecule has 1 rings (SSSR count). The minimum Gasteiger partial charge on any atom is -1.00 e. The number of halogens is 1. The standard InChI is InChI=1S/C10H20N.HI/c1-10(2)9-11(3)7-5-4-6-8-11;/h1,4-9H2,2-3H3;1H/q+1;/p-1. The second kappa shape index (κ2) is 5.22. The summed E-state index contributed by atoms with van der Waals surface area (Å²) in [6, 6.07) is 0. The molecule has 12 heavy (non-hydrogen) atoms. The van der Waals surface area contributed by atoms with Crippen LogP contribution in [0, 0.1) is 0 Å². The Morgan fingerprint density at radius 2 is 1.75 bits per heavy atom. The predicted octanol–water partition coefficient (Wildman–Crippen LogP) is -0.803. The Bertz CT molecular complexity index is 148. The fourth-order valence-electron chi connectivity index (χ4n) is 2.09. The van der Waals surface area contributed by atoms with Crippen LogP contribution in [0.1, 0.15) is 26.2 Å². The fourth-order valence-corrected chi connectivity index (χ4v) is 2.09. The minimum absolute atomic E-state index is 0. The highest BCUT2D eigenvalue weighted by atomic mass is 127. The van der Waals surface area contributed by atoms with E-state index in [1.54, 1.807) is 0 Å². The van der Waals surface area contributed by atoms with Crippen molar-refractivity contribution in [2.45, 2.75) is 26.2 Å². The van der Waals surface area contributed by atoms with Gasteiger partial charge in [0.25, 0.3) is 0 Å². The molecule has 0 saturated carbocycles. The van der Waals surface area contributed by atoms with Crippen molar-refractivity contribution in [3.63, 3.8) is 0 Å². The zero-order valence-corrected chi connectivity index (χ0v) is 10.4. The molecule has 1 aliphatic rings. The van der Waals surface area contributed by atoms with Gasteiger partial charge in [0.2, 0.25) is 0 Å². The normalized spacial score (nSPS) is 21.2. The third-order valence-electron chi connectivity index (χ3n) is 2.55. The molecule has 0 aliphatic carbocycles. The summed E-state index contributed by atoms with van der Waals surface area (Å²) < 4.78 is 1.23. The van der Waals surface area contributed by atoms with Crippen molar-refractivity contribution in [3.8, 4) is 0 Å². The number of hydrogen-bond acceptors (Lipinski definition) is 0. The van der Waals surface area contributed by atoms with Crippen LogP contribution in [0.2, 0.25) is 0 Å². The van der Waals surface area contributed by atoms with Crippen LogP contribution in [0.25, 0.3) is 0 Å². The summed E-state index contributed by atoms with van der Waals surface area (Å²) >= 11 is 0. The first-order chi connectivity index (χ1) is 5.12. The number of likely N-dealkylation sites (tertiary alicyclic amines) is 1. The van der Waals surface area contributed by atoms with Crippen molar-refractivity contribution in [2.24, 2.45) is 0 Å². The molecule has 0 N–H and O–H groups in total. The van der Waals surface area contributed by atoms with E-state index in [0.717, 1.165) is 0 Å². The van der Waals surface area contributed by atoms with Gasteiger partial charge in [-0.15, -0.1) is 0 Å². The zero-order valence-electron chi connectivity index (χ0n) is 8.27. The average Bonchev–Trinajstić information content (AvgIpc) is 1.85. The Morgan fingerprint density at radius 3 is 2.17 bits per heavy atom. The molecule has 0 atom stereocenters. The Labute approximate surface area is 93.4 Å². The molecule has 0 amide bonds. The summed E-state index contributed by atoms with van der Waals surface area (Å²) in [6.07, 6.45) is 4.25. The number of rotatable bonds is 2. The number of quaternary nitrogens is 1. The summed E-state index contributed by atoms with van der Waals surface area (Å²) in [5, 5.41) is 0. The Hall–Kier alpha value is 0.430. The Kier molecular flexibility index (Phi) is 5.41. The van der Waals surface area contributed by atoms with Crippen LogP contribution in [0.3, 0.4) is 0 Å². The van der Waals surface area contributed by atoms with Crippen molar-refractivity contribution in [2.75, 3.05) is 26.7 Å². The van der Waals surface area contributed by atoms with Gasteiger partial charge in [0.05, 0.1) is 26.7 Å². The number of likely N-dealkylation sites (N-methyl/N-ethyl adjacent to an activating group) is 1. The maximum atomic E-state index is 3.98. The van der Waals surface area contributed by atoms with Crippen LogP contribution in [-0.4, -0.2) is 31.2 Å². The molecule has 1 saturated heterocycles. The van der Waals surface area contributed by atoms with Gasteiger partial charge >= 0.3 is 0 Å². The van der Waals surface area contributed by atoms with E-state index in [4.69, 9.17) is 0 Å². The molecule has 0 bridgehead atoms. The number of hydrogen-bond donors (Lipinski definition) is 0. The summed E-state index contributed by atoms with van der Waals surface area (Å²) in [4.78, 5) is 0. The van der Waals surface area contributed by atoms with Gasteiger partial charge in [0.15, 0.2) is 0 Å². The lowest BCUT2D eigenvalue weighted by Crippen LogP contribution is -3.00. The molecular formula is C10H20IN. The molecule has 1 nitrogen and oxygen atoms in total. The van der Waals surface area contributed by atoms with Gasteiger partial charge in [0, 0.05) is 0 Å². The third-order valence-corrected chi connectivity index (χ3v) is 2.55. The summed E-state index contributed by atoms with van der Waals surface area (Å²) in [5.41, 5.74) is 1.33. The molecule has 72 valence electrons. The van der Waals surface area contributed by atoms with E-state index in [1.165, 1.54) is 49.0 Å². The summed E-state index contributed by atoms with van der Waals surface area (Å²) in [5.74, 6) is 0. The molecule has 0 aromatic heterocycles. The lowest BCUT2D eigenvalue weighted by atomic mass is 10.1. The molecule has 0 aromatic carbocycles. The molecule has 0 unspecified atom stereocenters. The molecule has 1 heterocycles. The lowest BCUT2D eigenvalue weighted by molar-refractivity contribution is -0.909. The van der Waals surface area contributed by atoms with Crippen molar-refractivity contribution in [3.05, 3.63) is 12.2 Å². The molecule has 0 aromatic rings. The van der Waals surface area contributed by atoms with Crippen molar-refractivity contribution in [1.82, 2.24) is 0 Å². The van der Waals surface area contributed by atoms with Crippen LogP contribution < -0.4 is 24.0 Å². The predicted molar refractivity (Wildman–Crippen MR) is 49.5 cm³/mol. The molecule has 0 radical (unpaired) electrons. The topological polar surface area (TPSA) is 0 Å². The lowest BCUT2D eigenvalue weighted by Gasteiger charge is -2.37. The Morgan fingerprint density at radius 1 is 1.25 bits per heavy atom. The Balaban J connectivity index is 0.00000121. The van der Waals surface area contributed by atoms with Gasteiger partial charge in [-0.2, -0.15) is 0 Å². The molecule has 1 fully saturated rings. The molecule has 0 spiro atoms. The SMILES string of the molecule is C=C(C)C[N+]1(C)CCCCC1.[I-]. The van der Waals surface area contributed by atoms with Crippen molar-refractivity contribution < 1.29 is 28.5 Å². The number of nitrogens with zero attached hydrogens (tertiary/aromatic N) is 1. The van der Waals surface area contributed by atoms with E-state index in [9.17, 15) is 0 Å². The van der Waals surface area contributed by atoms with Gasteiger partial charge < -0.3 is 28.5 Å². The second-order valence-electron chi connectivity index (χ2n) is 4.24. The van der Waals surface area contributed by atoms with E-state index in [2.05, 4.69) is 20.6 Å². The maximum absolute atomic E-state index is 3.98. The van der Waals surface area contributed by atoms with Crippen LogP contribution in [0.15, 0.2) is 12.2 Å². The average molecular weight is 281 g/mol. The highest BCUT2D eigenvalue weighted by Crippen LogP contribution is 2.17. The van der Waals surface area contributed by atoms with Gasteiger partial charge in [-0.1, -0.05) is 6.58 Å². The first kappa shape index (κ1) is 12.4. The van der Waals surface area contributed by atoms with Crippen LogP contribution >= 0.6 is 0 Å². The highest BCUT2D eigenvalue weighted by Gasteiger charge is 2.23. The molecule has 1 aliphatic heterocycles. The monoisotopic (exact) mass is 281 g/mol. The fraction of sp³-hybridized carbons (Fsp3) is 0.800. The van der Waals surface area contributed by atoms with Crippen LogP contribution in [0.5, 0.6) is 0 Å². The highest BCUT2D eigenvalue weighted by molar-refractivity contribution is 4.88. The summed E-state index contributed by atoms with van der Waals surface area (Å²) in [7, 11) is 2.36. The molecular weight excluding hydrogens is 261 g/mol. The van der Waals surface area contributed by atoms with Gasteiger partial charge in [-0.3, -0.25) is 0 Å². The smallest absolute Gasteiger partial charge is 0.0995 e. The van der Waals surface area contributed by atoms with Crippen molar-refractivity contribution in [1.29, 1.82) is 0 Å². The van der Waals surface area contributed by atoms with E-state index in [0.29, 0.717) is 0 Å². The first-order valence-electron chi connectivity index (χ1n) is 4.60. The third kappa shape index (κ3) is 3.90. The maximum Gasteiger partial charge on any atom is 0.0995 e. The van der Waals surface area contributed by atoms with Crippen molar-refractivity contribution >= 4 is 0 Å². The summed E-state index contributed by atoms with van der Waals surface area (Å²) in [6.45, 7) is 10.0. The van der Waals surface area contributed by atoms with Gasteiger partial charge in [0.1, 0.15) is 0 Å². The van der Waals surface area contributed by atoms with Gasteiger partial charge in [-0.05, 0) is 31.8 Å². The molecule has 2 heteroatoms. The van der Waals surface area contributed by atoms with Gasteiger partial charge in [-0.25, -0.2) is 0 Å². The number of piperidine rings is 1. The van der Waals surface area contributed by atoms with Crippen LogP contribution in [-0.2, 0) is 0 Å². The first-order valence-corrected chi connectivity index (χ1v) is 4.60. The van der Waals surface area contributed by atoms with E-state index < -0.39 is 0 Å². The van der Waals surface area contributed by atoms with E-state index in [-0.39, 0.29) is 24.0 Å². The second-order valence-corrected chi connectivity index (χ2v) is 4.24. The quantitative estimate of drug-likeness (QED) is 0.353. The van der Waals surface area contributed by atoms with E-state index in [1.807, 2.05) is 0 Å².